The highest BCUT2D eigenvalue weighted by molar-refractivity contribution is 9.10. The summed E-state index contributed by atoms with van der Waals surface area (Å²) in [5, 5.41) is 9.65. The Labute approximate surface area is 111 Å². The van der Waals surface area contributed by atoms with Gasteiger partial charge in [-0.3, -0.25) is 9.89 Å². The maximum atomic E-state index is 11.9. The molecular weight excluding hydrogens is 305 g/mol. The minimum Gasteiger partial charge on any atom is -0.348 e. The van der Waals surface area contributed by atoms with Crippen LogP contribution in [0.25, 0.3) is 0 Å². The predicted octanol–water partition coefficient (Wildman–Crippen LogP) is 2.76. The third-order valence-electron chi connectivity index (χ3n) is 2.20. The number of H-pyrrole nitrogens is 1. The molecule has 0 saturated carbocycles. The van der Waals surface area contributed by atoms with E-state index in [4.69, 9.17) is 11.6 Å². The van der Waals surface area contributed by atoms with Crippen molar-refractivity contribution in [2.45, 2.75) is 6.54 Å². The van der Waals surface area contributed by atoms with Crippen LogP contribution in [-0.2, 0) is 6.54 Å². The molecule has 1 heterocycles. The predicted molar refractivity (Wildman–Crippen MR) is 68.9 cm³/mol. The normalized spacial score (nSPS) is 10.2. The molecule has 0 atom stereocenters. The van der Waals surface area contributed by atoms with Gasteiger partial charge in [0.05, 0.1) is 16.8 Å². The standard InChI is InChI=1S/C11H9BrClN3O/c12-9-3-1-2-8(10(9)13)11(17)14-4-7-5-15-16-6-7/h1-3,5-6H,4H2,(H,14,17)(H,15,16). The van der Waals surface area contributed by atoms with Crippen LogP contribution in [0, 0.1) is 0 Å². The Bertz CT molecular complexity index is 528. The number of aromatic nitrogens is 2. The molecule has 2 rings (SSSR count). The molecule has 0 radical (unpaired) electrons. The summed E-state index contributed by atoms with van der Waals surface area (Å²) in [5.74, 6) is -0.211. The molecule has 17 heavy (non-hydrogen) atoms. The number of carbonyl (C=O) groups excluding carboxylic acids is 1. The fraction of sp³-hybridized carbons (Fsp3) is 0.0909. The van der Waals surface area contributed by atoms with Gasteiger partial charge in [-0.2, -0.15) is 5.10 Å². The van der Waals surface area contributed by atoms with Crippen molar-refractivity contribution >= 4 is 33.4 Å². The molecule has 88 valence electrons. The zero-order chi connectivity index (χ0) is 12.3. The van der Waals surface area contributed by atoms with Gasteiger partial charge < -0.3 is 5.32 Å². The highest BCUT2D eigenvalue weighted by Gasteiger charge is 2.11. The van der Waals surface area contributed by atoms with Crippen molar-refractivity contribution in [3.05, 3.63) is 51.2 Å². The van der Waals surface area contributed by atoms with Crippen molar-refractivity contribution in [3.63, 3.8) is 0 Å². The molecule has 0 spiro atoms. The Hall–Kier alpha value is -1.33. The highest BCUT2D eigenvalue weighted by Crippen LogP contribution is 2.25. The van der Waals surface area contributed by atoms with Crippen LogP contribution in [0.2, 0.25) is 5.02 Å². The quantitative estimate of drug-likeness (QED) is 0.915. The van der Waals surface area contributed by atoms with E-state index in [2.05, 4.69) is 31.4 Å². The maximum Gasteiger partial charge on any atom is 0.253 e. The van der Waals surface area contributed by atoms with E-state index in [0.717, 1.165) is 5.56 Å². The van der Waals surface area contributed by atoms with Crippen molar-refractivity contribution in [1.82, 2.24) is 15.5 Å². The molecule has 4 nitrogen and oxygen atoms in total. The number of hydrogen-bond acceptors (Lipinski definition) is 2. The minimum absolute atomic E-state index is 0.211. The number of carbonyl (C=O) groups is 1. The molecule has 0 aliphatic heterocycles. The number of benzene rings is 1. The first-order valence-electron chi connectivity index (χ1n) is 4.88. The summed E-state index contributed by atoms with van der Waals surface area (Å²) in [6, 6.07) is 5.23. The lowest BCUT2D eigenvalue weighted by Crippen LogP contribution is -2.22. The Kier molecular flexibility index (Phi) is 3.81. The van der Waals surface area contributed by atoms with Gasteiger partial charge in [-0.25, -0.2) is 0 Å². The summed E-state index contributed by atoms with van der Waals surface area (Å²) < 4.78 is 0.704. The highest BCUT2D eigenvalue weighted by atomic mass is 79.9. The summed E-state index contributed by atoms with van der Waals surface area (Å²) in [6.07, 6.45) is 3.38. The SMILES string of the molecule is O=C(NCc1cn[nH]c1)c1cccc(Br)c1Cl. The van der Waals surface area contributed by atoms with E-state index in [9.17, 15) is 4.79 Å². The molecule has 2 N–H and O–H groups in total. The zero-order valence-electron chi connectivity index (χ0n) is 8.71. The van der Waals surface area contributed by atoms with E-state index in [1.165, 1.54) is 0 Å². The summed E-state index contributed by atoms with van der Waals surface area (Å²) >= 11 is 9.30. The summed E-state index contributed by atoms with van der Waals surface area (Å²) in [6.45, 7) is 0.415. The lowest BCUT2D eigenvalue weighted by Gasteiger charge is -2.06. The third-order valence-corrected chi connectivity index (χ3v) is 3.50. The molecule has 1 aromatic heterocycles. The molecular formula is C11H9BrClN3O. The van der Waals surface area contributed by atoms with Gasteiger partial charge in [0.2, 0.25) is 0 Å². The molecule has 0 fully saturated rings. The van der Waals surface area contributed by atoms with Gasteiger partial charge in [-0.15, -0.1) is 0 Å². The number of halogens is 2. The second kappa shape index (κ2) is 5.33. The average molecular weight is 315 g/mol. The Balaban J connectivity index is 2.07. The number of hydrogen-bond donors (Lipinski definition) is 2. The van der Waals surface area contributed by atoms with Crippen LogP contribution in [0.1, 0.15) is 15.9 Å². The van der Waals surface area contributed by atoms with Crippen LogP contribution in [0.5, 0.6) is 0 Å². The fourth-order valence-corrected chi connectivity index (χ4v) is 1.91. The monoisotopic (exact) mass is 313 g/mol. The molecule has 0 aliphatic carbocycles. The largest absolute Gasteiger partial charge is 0.348 e. The molecule has 6 heteroatoms. The van der Waals surface area contributed by atoms with Gasteiger partial charge in [0.1, 0.15) is 0 Å². The van der Waals surface area contributed by atoms with Gasteiger partial charge in [0.15, 0.2) is 0 Å². The Morgan fingerprint density at radius 2 is 2.35 bits per heavy atom. The number of nitrogens with one attached hydrogen (secondary N) is 2. The molecule has 1 aromatic carbocycles. The van der Waals surface area contributed by atoms with Crippen LogP contribution in [-0.4, -0.2) is 16.1 Å². The smallest absolute Gasteiger partial charge is 0.253 e. The van der Waals surface area contributed by atoms with Crippen LogP contribution < -0.4 is 5.32 Å². The number of amides is 1. The van der Waals surface area contributed by atoms with Crippen LogP contribution >= 0.6 is 27.5 Å². The van der Waals surface area contributed by atoms with E-state index in [1.54, 1.807) is 30.6 Å². The molecule has 0 bridgehead atoms. The molecule has 0 saturated heterocycles. The number of rotatable bonds is 3. The van der Waals surface area contributed by atoms with Gasteiger partial charge >= 0.3 is 0 Å². The van der Waals surface area contributed by atoms with Gasteiger partial charge in [-0.1, -0.05) is 17.7 Å². The molecule has 0 unspecified atom stereocenters. The van der Waals surface area contributed by atoms with Crippen LogP contribution in [0.15, 0.2) is 35.1 Å². The summed E-state index contributed by atoms with van der Waals surface area (Å²) in [4.78, 5) is 11.9. The van der Waals surface area contributed by atoms with E-state index in [0.29, 0.717) is 21.6 Å². The number of aromatic amines is 1. The number of nitrogens with zero attached hydrogens (tertiary/aromatic N) is 1. The molecule has 2 aromatic rings. The molecule has 0 aliphatic rings. The first-order chi connectivity index (χ1) is 8.18. The summed E-state index contributed by atoms with van der Waals surface area (Å²) in [5.41, 5.74) is 1.36. The second-order valence-corrected chi connectivity index (χ2v) is 4.62. The third kappa shape index (κ3) is 2.87. The van der Waals surface area contributed by atoms with E-state index in [-0.39, 0.29) is 5.91 Å². The van der Waals surface area contributed by atoms with Crippen molar-refractivity contribution < 1.29 is 4.79 Å². The van der Waals surface area contributed by atoms with Crippen LogP contribution in [0.4, 0.5) is 0 Å². The van der Waals surface area contributed by atoms with Crippen LogP contribution in [0.3, 0.4) is 0 Å². The van der Waals surface area contributed by atoms with Crippen molar-refractivity contribution in [2.75, 3.05) is 0 Å². The first-order valence-corrected chi connectivity index (χ1v) is 6.05. The Morgan fingerprint density at radius 3 is 3.06 bits per heavy atom. The van der Waals surface area contributed by atoms with Gasteiger partial charge in [0, 0.05) is 22.8 Å². The van der Waals surface area contributed by atoms with E-state index in [1.807, 2.05) is 0 Å². The van der Waals surface area contributed by atoms with Crippen molar-refractivity contribution in [2.24, 2.45) is 0 Å². The van der Waals surface area contributed by atoms with E-state index >= 15 is 0 Å². The zero-order valence-corrected chi connectivity index (χ0v) is 11.0. The Morgan fingerprint density at radius 1 is 1.53 bits per heavy atom. The van der Waals surface area contributed by atoms with Crippen molar-refractivity contribution in [1.29, 1.82) is 0 Å². The lowest BCUT2D eigenvalue weighted by atomic mass is 10.2. The first kappa shape index (κ1) is 12.1. The average Bonchev–Trinajstić information content (AvgIpc) is 2.82. The fourth-order valence-electron chi connectivity index (χ4n) is 1.33. The minimum atomic E-state index is -0.211. The maximum absolute atomic E-state index is 11.9. The van der Waals surface area contributed by atoms with Gasteiger partial charge in [-0.05, 0) is 28.1 Å². The van der Waals surface area contributed by atoms with E-state index < -0.39 is 0 Å². The lowest BCUT2D eigenvalue weighted by molar-refractivity contribution is 0.0951. The second-order valence-electron chi connectivity index (χ2n) is 3.39. The summed E-state index contributed by atoms with van der Waals surface area (Å²) in [7, 11) is 0. The van der Waals surface area contributed by atoms with Gasteiger partial charge in [0.25, 0.3) is 5.91 Å². The van der Waals surface area contributed by atoms with Crippen molar-refractivity contribution in [3.8, 4) is 0 Å². The molecule has 1 amide bonds. The topological polar surface area (TPSA) is 57.8 Å².